The number of aromatic hydroxyl groups is 1. The molecular weight excluding hydrogens is 197 g/mol. The summed E-state index contributed by atoms with van der Waals surface area (Å²) >= 11 is 0. The molecule has 1 aliphatic carbocycles. The first-order valence-corrected chi connectivity index (χ1v) is 5.01. The van der Waals surface area contributed by atoms with Crippen LogP contribution in [0.5, 0.6) is 5.75 Å². The van der Waals surface area contributed by atoms with Crippen molar-refractivity contribution in [3.05, 3.63) is 29.6 Å². The van der Waals surface area contributed by atoms with Crippen molar-refractivity contribution in [1.29, 1.82) is 0 Å². The van der Waals surface area contributed by atoms with Crippen LogP contribution in [0.2, 0.25) is 0 Å². The molecule has 4 N–H and O–H groups in total. The molecule has 0 aromatic heterocycles. The number of hydrogen-bond acceptors (Lipinski definition) is 3. The third-order valence-corrected chi connectivity index (χ3v) is 2.82. The van der Waals surface area contributed by atoms with Crippen molar-refractivity contribution >= 4 is 0 Å². The van der Waals surface area contributed by atoms with Crippen molar-refractivity contribution in [3.63, 3.8) is 0 Å². The molecule has 82 valence electrons. The van der Waals surface area contributed by atoms with Crippen molar-refractivity contribution < 1.29 is 14.6 Å². The average Bonchev–Trinajstić information content (AvgIpc) is 3.03. The predicted molar refractivity (Wildman–Crippen MR) is 53.7 cm³/mol. The lowest BCUT2D eigenvalue weighted by Gasteiger charge is -2.19. The van der Waals surface area contributed by atoms with Gasteiger partial charge < -0.3 is 15.9 Å². The van der Waals surface area contributed by atoms with E-state index < -0.39 is 18.0 Å². The molecule has 0 spiro atoms. The Hall–Kier alpha value is -1.13. The number of rotatable bonds is 3. The van der Waals surface area contributed by atoms with Crippen molar-refractivity contribution in [2.24, 2.45) is 11.7 Å². The maximum atomic E-state index is 12.9. The number of benzene rings is 1. The molecule has 2 atom stereocenters. The molecule has 0 aliphatic heterocycles. The summed E-state index contributed by atoms with van der Waals surface area (Å²) in [6, 6.07) is 2.87. The standard InChI is InChI=1S/C11H14FNO2/c12-7-3-4-9(14)8(5-7)10(13)11(15)6-1-2-6/h3-6,10-11,14-15H,1-2,13H2/t10-,11+/m0/s1. The first-order chi connectivity index (χ1) is 7.09. The Balaban J connectivity index is 2.23. The van der Waals surface area contributed by atoms with Crippen LogP contribution in [-0.2, 0) is 0 Å². The summed E-state index contributed by atoms with van der Waals surface area (Å²) < 4.78 is 12.9. The number of nitrogens with two attached hydrogens (primary N) is 1. The number of halogens is 1. The summed E-state index contributed by atoms with van der Waals surface area (Å²) in [4.78, 5) is 0. The Bertz CT molecular complexity index is 366. The Morgan fingerprint density at radius 3 is 2.67 bits per heavy atom. The minimum atomic E-state index is -0.715. The minimum Gasteiger partial charge on any atom is -0.508 e. The van der Waals surface area contributed by atoms with Crippen LogP contribution in [0.1, 0.15) is 24.4 Å². The van der Waals surface area contributed by atoms with Crippen LogP contribution in [0.4, 0.5) is 4.39 Å². The Labute approximate surface area is 87.3 Å². The van der Waals surface area contributed by atoms with Crippen molar-refractivity contribution in [1.82, 2.24) is 0 Å². The van der Waals surface area contributed by atoms with E-state index in [4.69, 9.17) is 5.73 Å². The van der Waals surface area contributed by atoms with Gasteiger partial charge in [-0.25, -0.2) is 4.39 Å². The van der Waals surface area contributed by atoms with Crippen LogP contribution in [0.3, 0.4) is 0 Å². The van der Waals surface area contributed by atoms with E-state index in [1.54, 1.807) is 0 Å². The number of aliphatic hydroxyl groups excluding tert-OH is 1. The SMILES string of the molecule is N[C@@H](c1cc(F)ccc1O)[C@H](O)C1CC1. The molecule has 2 rings (SSSR count). The van der Waals surface area contributed by atoms with Crippen LogP contribution in [-0.4, -0.2) is 16.3 Å². The van der Waals surface area contributed by atoms with Gasteiger partial charge in [-0.1, -0.05) is 0 Å². The highest BCUT2D eigenvalue weighted by molar-refractivity contribution is 5.35. The highest BCUT2D eigenvalue weighted by atomic mass is 19.1. The smallest absolute Gasteiger partial charge is 0.123 e. The molecule has 0 unspecified atom stereocenters. The van der Waals surface area contributed by atoms with E-state index in [0.717, 1.165) is 18.9 Å². The van der Waals surface area contributed by atoms with E-state index in [9.17, 15) is 14.6 Å². The fraction of sp³-hybridized carbons (Fsp3) is 0.455. The van der Waals surface area contributed by atoms with E-state index >= 15 is 0 Å². The van der Waals surface area contributed by atoms with Crippen LogP contribution < -0.4 is 5.73 Å². The van der Waals surface area contributed by atoms with Gasteiger partial charge in [-0.2, -0.15) is 0 Å². The van der Waals surface area contributed by atoms with Gasteiger partial charge in [-0.3, -0.25) is 0 Å². The molecule has 0 bridgehead atoms. The molecule has 1 aromatic carbocycles. The molecule has 0 saturated heterocycles. The maximum Gasteiger partial charge on any atom is 0.123 e. The van der Waals surface area contributed by atoms with Gasteiger partial charge in [-0.15, -0.1) is 0 Å². The fourth-order valence-electron chi connectivity index (χ4n) is 1.71. The second-order valence-electron chi connectivity index (χ2n) is 4.06. The second kappa shape index (κ2) is 3.79. The van der Waals surface area contributed by atoms with Gasteiger partial charge in [0.2, 0.25) is 0 Å². The maximum absolute atomic E-state index is 12.9. The van der Waals surface area contributed by atoms with Crippen molar-refractivity contribution in [3.8, 4) is 5.75 Å². The minimum absolute atomic E-state index is 0.0661. The van der Waals surface area contributed by atoms with Gasteiger partial charge >= 0.3 is 0 Å². The molecule has 0 radical (unpaired) electrons. The largest absolute Gasteiger partial charge is 0.508 e. The quantitative estimate of drug-likeness (QED) is 0.706. The van der Waals surface area contributed by atoms with Gasteiger partial charge in [0.15, 0.2) is 0 Å². The van der Waals surface area contributed by atoms with Gasteiger partial charge in [-0.05, 0) is 37.0 Å². The second-order valence-corrected chi connectivity index (χ2v) is 4.06. The zero-order chi connectivity index (χ0) is 11.0. The molecule has 4 heteroatoms. The first-order valence-electron chi connectivity index (χ1n) is 5.01. The predicted octanol–water partition coefficient (Wildman–Crippen LogP) is 1.30. The zero-order valence-electron chi connectivity index (χ0n) is 8.23. The summed E-state index contributed by atoms with van der Waals surface area (Å²) in [5.74, 6) is -0.326. The van der Waals surface area contributed by atoms with E-state index in [1.165, 1.54) is 12.1 Å². The Morgan fingerprint density at radius 1 is 1.40 bits per heavy atom. The molecule has 1 aliphatic rings. The summed E-state index contributed by atoms with van der Waals surface area (Å²) in [5.41, 5.74) is 6.05. The Morgan fingerprint density at radius 2 is 2.07 bits per heavy atom. The van der Waals surface area contributed by atoms with Crippen LogP contribution in [0.15, 0.2) is 18.2 Å². The third-order valence-electron chi connectivity index (χ3n) is 2.82. The van der Waals surface area contributed by atoms with Gasteiger partial charge in [0.05, 0.1) is 12.1 Å². The number of phenols is 1. The average molecular weight is 211 g/mol. The van der Waals surface area contributed by atoms with Crippen molar-refractivity contribution in [2.75, 3.05) is 0 Å². The molecule has 3 nitrogen and oxygen atoms in total. The first kappa shape index (κ1) is 10.4. The summed E-state index contributed by atoms with van der Waals surface area (Å²) in [5, 5.41) is 19.3. The number of phenolic OH excluding ortho intramolecular Hbond substituents is 1. The number of aliphatic hydroxyl groups is 1. The molecule has 0 amide bonds. The van der Waals surface area contributed by atoms with Crippen LogP contribution >= 0.6 is 0 Å². The molecule has 1 aromatic rings. The van der Waals surface area contributed by atoms with Gasteiger partial charge in [0.25, 0.3) is 0 Å². The van der Waals surface area contributed by atoms with Crippen molar-refractivity contribution in [2.45, 2.75) is 25.0 Å². The van der Waals surface area contributed by atoms with Crippen LogP contribution in [0.25, 0.3) is 0 Å². The van der Waals surface area contributed by atoms with E-state index in [-0.39, 0.29) is 17.2 Å². The van der Waals surface area contributed by atoms with Gasteiger partial charge in [0.1, 0.15) is 11.6 Å². The van der Waals surface area contributed by atoms with E-state index in [2.05, 4.69) is 0 Å². The highest BCUT2D eigenvalue weighted by Crippen LogP contribution is 2.38. The van der Waals surface area contributed by atoms with E-state index in [0.29, 0.717) is 0 Å². The Kier molecular flexibility index (Phi) is 2.63. The topological polar surface area (TPSA) is 66.5 Å². The monoisotopic (exact) mass is 211 g/mol. The third kappa shape index (κ3) is 2.11. The molecule has 1 saturated carbocycles. The summed E-state index contributed by atoms with van der Waals surface area (Å²) in [6.45, 7) is 0. The molecular formula is C11H14FNO2. The molecule has 0 heterocycles. The fourth-order valence-corrected chi connectivity index (χ4v) is 1.71. The summed E-state index contributed by atoms with van der Waals surface area (Å²) in [7, 11) is 0. The lowest BCUT2D eigenvalue weighted by molar-refractivity contribution is 0.121. The lowest BCUT2D eigenvalue weighted by atomic mass is 9.98. The van der Waals surface area contributed by atoms with Gasteiger partial charge in [0, 0.05) is 5.56 Å². The summed E-state index contributed by atoms with van der Waals surface area (Å²) in [6.07, 6.45) is 1.20. The highest BCUT2D eigenvalue weighted by Gasteiger charge is 2.35. The van der Waals surface area contributed by atoms with E-state index in [1.807, 2.05) is 0 Å². The van der Waals surface area contributed by atoms with Crippen LogP contribution in [0, 0.1) is 11.7 Å². The molecule has 1 fully saturated rings. The lowest BCUT2D eigenvalue weighted by Crippen LogP contribution is -2.28. The zero-order valence-corrected chi connectivity index (χ0v) is 8.23. The normalized spacial score (nSPS) is 19.9. The number of hydrogen-bond donors (Lipinski definition) is 3. The molecule has 15 heavy (non-hydrogen) atoms.